The molecule has 0 aromatic heterocycles. The number of nitro groups is 1. The largest absolute Gasteiger partial charge is 0.334 e. The third kappa shape index (κ3) is 4.00. The molecule has 0 unspecified atom stereocenters. The minimum atomic E-state index is -0.999. The van der Waals surface area contributed by atoms with Gasteiger partial charge < -0.3 is 10.6 Å². The molecule has 2 aromatic carbocycles. The predicted molar refractivity (Wildman–Crippen MR) is 75.4 cm³/mol. The maximum atomic E-state index is 13.4. The highest BCUT2D eigenvalue weighted by atomic mass is 19.1. The lowest BCUT2D eigenvalue weighted by atomic mass is 10.2. The fourth-order valence-corrected chi connectivity index (χ4v) is 1.69. The number of nitrogens with one attached hydrogen (secondary N) is 2. The van der Waals surface area contributed by atoms with Crippen LogP contribution < -0.4 is 10.6 Å². The van der Waals surface area contributed by atoms with Crippen LogP contribution in [-0.2, 0) is 6.54 Å². The number of benzene rings is 2. The van der Waals surface area contributed by atoms with E-state index in [1.165, 1.54) is 6.07 Å². The molecule has 0 radical (unpaired) electrons. The van der Waals surface area contributed by atoms with Gasteiger partial charge in [0.1, 0.15) is 0 Å². The number of hydrogen-bond donors (Lipinski definition) is 2. The molecule has 6 nitrogen and oxygen atoms in total. The van der Waals surface area contributed by atoms with E-state index in [2.05, 4.69) is 10.6 Å². The van der Waals surface area contributed by atoms with Gasteiger partial charge in [0, 0.05) is 24.4 Å². The van der Waals surface area contributed by atoms with Crippen LogP contribution in [0.15, 0.2) is 48.5 Å². The van der Waals surface area contributed by atoms with Crippen molar-refractivity contribution in [1.82, 2.24) is 5.32 Å². The SMILES string of the molecule is O=C(NCc1ccccc1)Nc1ccc([N+](=O)[O-])c(F)c1. The average molecular weight is 289 g/mol. The highest BCUT2D eigenvalue weighted by molar-refractivity contribution is 5.89. The van der Waals surface area contributed by atoms with Crippen LogP contribution in [0.2, 0.25) is 0 Å². The molecule has 2 amide bonds. The van der Waals surface area contributed by atoms with E-state index in [-0.39, 0.29) is 5.69 Å². The average Bonchev–Trinajstić information content (AvgIpc) is 2.46. The lowest BCUT2D eigenvalue weighted by molar-refractivity contribution is -0.387. The Morgan fingerprint density at radius 1 is 1.19 bits per heavy atom. The van der Waals surface area contributed by atoms with Gasteiger partial charge in [-0.3, -0.25) is 10.1 Å². The van der Waals surface area contributed by atoms with Crippen LogP contribution >= 0.6 is 0 Å². The van der Waals surface area contributed by atoms with Crippen molar-refractivity contribution in [1.29, 1.82) is 0 Å². The summed E-state index contributed by atoms with van der Waals surface area (Å²) in [5, 5.41) is 15.5. The minimum Gasteiger partial charge on any atom is -0.334 e. The number of urea groups is 1. The number of carbonyl (C=O) groups is 1. The van der Waals surface area contributed by atoms with Crippen LogP contribution in [0.4, 0.5) is 20.6 Å². The summed E-state index contributed by atoms with van der Waals surface area (Å²) in [6.45, 7) is 0.322. The van der Waals surface area contributed by atoms with Crippen LogP contribution in [0.3, 0.4) is 0 Å². The van der Waals surface area contributed by atoms with Crippen LogP contribution in [-0.4, -0.2) is 11.0 Å². The highest BCUT2D eigenvalue weighted by Crippen LogP contribution is 2.20. The monoisotopic (exact) mass is 289 g/mol. The molecule has 0 aliphatic rings. The van der Waals surface area contributed by atoms with E-state index < -0.39 is 22.5 Å². The van der Waals surface area contributed by atoms with Crippen molar-refractivity contribution in [3.05, 3.63) is 70.0 Å². The molecule has 0 aliphatic heterocycles. The zero-order valence-corrected chi connectivity index (χ0v) is 10.9. The number of halogens is 1. The Balaban J connectivity index is 1.94. The van der Waals surface area contributed by atoms with E-state index in [4.69, 9.17) is 0 Å². The van der Waals surface area contributed by atoms with E-state index in [1.807, 2.05) is 30.3 Å². The van der Waals surface area contributed by atoms with Crippen LogP contribution in [0.5, 0.6) is 0 Å². The van der Waals surface area contributed by atoms with Gasteiger partial charge in [-0.05, 0) is 11.6 Å². The van der Waals surface area contributed by atoms with Crippen molar-refractivity contribution in [2.45, 2.75) is 6.54 Å². The molecule has 0 heterocycles. The number of hydrogen-bond acceptors (Lipinski definition) is 3. The maximum absolute atomic E-state index is 13.4. The van der Waals surface area contributed by atoms with E-state index in [0.717, 1.165) is 17.7 Å². The van der Waals surface area contributed by atoms with Gasteiger partial charge in [0.2, 0.25) is 5.82 Å². The number of nitrogens with zero attached hydrogens (tertiary/aromatic N) is 1. The molecule has 2 N–H and O–H groups in total. The van der Waals surface area contributed by atoms with Gasteiger partial charge in [0.15, 0.2) is 0 Å². The van der Waals surface area contributed by atoms with Crippen molar-refractivity contribution in [3.63, 3.8) is 0 Å². The Morgan fingerprint density at radius 3 is 2.52 bits per heavy atom. The Morgan fingerprint density at radius 2 is 1.90 bits per heavy atom. The number of rotatable bonds is 4. The molecule has 108 valence electrons. The number of carbonyl (C=O) groups excluding carboxylic acids is 1. The van der Waals surface area contributed by atoms with E-state index in [9.17, 15) is 19.3 Å². The summed E-state index contributed by atoms with van der Waals surface area (Å²) in [6, 6.07) is 11.9. The third-order valence-electron chi connectivity index (χ3n) is 2.70. The Labute approximate surface area is 119 Å². The number of anilines is 1. The van der Waals surface area contributed by atoms with E-state index in [0.29, 0.717) is 6.54 Å². The van der Waals surface area contributed by atoms with Crippen molar-refractivity contribution in [2.75, 3.05) is 5.32 Å². The van der Waals surface area contributed by atoms with Crippen LogP contribution in [0, 0.1) is 15.9 Å². The summed E-state index contributed by atoms with van der Waals surface area (Å²) in [7, 11) is 0. The zero-order chi connectivity index (χ0) is 15.2. The van der Waals surface area contributed by atoms with Gasteiger partial charge in [-0.2, -0.15) is 4.39 Å². The minimum absolute atomic E-state index is 0.142. The second kappa shape index (κ2) is 6.47. The first kappa shape index (κ1) is 14.4. The van der Waals surface area contributed by atoms with Gasteiger partial charge >= 0.3 is 11.7 Å². The van der Waals surface area contributed by atoms with Crippen LogP contribution in [0.25, 0.3) is 0 Å². The molecule has 0 fully saturated rings. The molecular weight excluding hydrogens is 277 g/mol. The molecule has 0 bridgehead atoms. The molecule has 2 aromatic rings. The molecule has 0 atom stereocenters. The lowest BCUT2D eigenvalue weighted by Gasteiger charge is -2.07. The van der Waals surface area contributed by atoms with Crippen LogP contribution in [0.1, 0.15) is 5.56 Å². The van der Waals surface area contributed by atoms with Gasteiger partial charge in [-0.1, -0.05) is 30.3 Å². The summed E-state index contributed by atoms with van der Waals surface area (Å²) < 4.78 is 13.4. The summed E-state index contributed by atoms with van der Waals surface area (Å²) >= 11 is 0. The summed E-state index contributed by atoms with van der Waals surface area (Å²) in [5.41, 5.74) is 0.427. The molecule has 0 aliphatic carbocycles. The summed E-state index contributed by atoms with van der Waals surface area (Å²) in [4.78, 5) is 21.3. The highest BCUT2D eigenvalue weighted by Gasteiger charge is 2.14. The first-order valence-electron chi connectivity index (χ1n) is 6.09. The topological polar surface area (TPSA) is 84.3 Å². The normalized spacial score (nSPS) is 9.95. The predicted octanol–water partition coefficient (Wildman–Crippen LogP) is 3.06. The number of nitro benzene ring substituents is 1. The van der Waals surface area contributed by atoms with Gasteiger partial charge in [0.05, 0.1) is 4.92 Å². The molecule has 0 saturated heterocycles. The first-order valence-corrected chi connectivity index (χ1v) is 6.09. The van der Waals surface area contributed by atoms with E-state index >= 15 is 0 Å². The third-order valence-corrected chi connectivity index (χ3v) is 2.70. The standard InChI is InChI=1S/C14H12FN3O3/c15-12-8-11(6-7-13(12)18(20)21)17-14(19)16-9-10-4-2-1-3-5-10/h1-8H,9H2,(H2,16,17,19). The van der Waals surface area contributed by atoms with Crippen molar-refractivity contribution < 1.29 is 14.1 Å². The second-order valence-electron chi connectivity index (χ2n) is 4.22. The fraction of sp³-hybridized carbons (Fsp3) is 0.0714. The smallest absolute Gasteiger partial charge is 0.319 e. The second-order valence-corrected chi connectivity index (χ2v) is 4.22. The van der Waals surface area contributed by atoms with Gasteiger partial charge in [0.25, 0.3) is 0 Å². The lowest BCUT2D eigenvalue weighted by Crippen LogP contribution is -2.28. The summed E-state index contributed by atoms with van der Waals surface area (Å²) in [5.74, 6) is -0.999. The molecule has 0 spiro atoms. The van der Waals surface area contributed by atoms with Gasteiger partial charge in [-0.15, -0.1) is 0 Å². The zero-order valence-electron chi connectivity index (χ0n) is 10.9. The van der Waals surface area contributed by atoms with Gasteiger partial charge in [-0.25, -0.2) is 4.79 Å². The van der Waals surface area contributed by atoms with Crippen molar-refractivity contribution >= 4 is 17.4 Å². The Bertz CT molecular complexity index is 662. The Hall–Kier alpha value is -2.96. The fourth-order valence-electron chi connectivity index (χ4n) is 1.69. The Kier molecular flexibility index (Phi) is 4.45. The molecule has 21 heavy (non-hydrogen) atoms. The van der Waals surface area contributed by atoms with Crippen molar-refractivity contribution in [3.8, 4) is 0 Å². The first-order chi connectivity index (χ1) is 10.1. The summed E-state index contributed by atoms with van der Waals surface area (Å²) in [6.07, 6.45) is 0. The van der Waals surface area contributed by atoms with Crippen molar-refractivity contribution in [2.24, 2.45) is 0 Å². The maximum Gasteiger partial charge on any atom is 0.319 e. The molecule has 7 heteroatoms. The molecule has 2 rings (SSSR count). The molecule has 0 saturated carbocycles. The van der Waals surface area contributed by atoms with E-state index in [1.54, 1.807) is 0 Å². The quantitative estimate of drug-likeness (QED) is 0.670. The molecular formula is C14H12FN3O3. The number of amides is 2.